The molecule has 0 aromatic carbocycles. The average molecular weight is 267 g/mol. The van der Waals surface area contributed by atoms with E-state index in [1.807, 2.05) is 0 Å². The van der Waals surface area contributed by atoms with Crippen molar-refractivity contribution in [1.82, 2.24) is 15.5 Å². The summed E-state index contributed by atoms with van der Waals surface area (Å²) in [4.78, 5) is 14.1. The molecule has 2 fully saturated rings. The summed E-state index contributed by atoms with van der Waals surface area (Å²) in [5, 5.41) is 6.62. The van der Waals surface area contributed by atoms with Gasteiger partial charge >= 0.3 is 0 Å². The number of likely N-dealkylation sites (tertiary alicyclic amines) is 1. The quantitative estimate of drug-likeness (QED) is 0.787. The van der Waals surface area contributed by atoms with Crippen molar-refractivity contribution in [3.05, 3.63) is 0 Å². The van der Waals surface area contributed by atoms with Crippen molar-refractivity contribution in [3.63, 3.8) is 0 Å². The van der Waals surface area contributed by atoms with Crippen LogP contribution in [0.5, 0.6) is 0 Å². The first-order chi connectivity index (χ1) is 9.15. The third-order valence-corrected chi connectivity index (χ3v) is 4.37. The lowest BCUT2D eigenvalue weighted by Gasteiger charge is -2.34. The minimum Gasteiger partial charge on any atom is -0.355 e. The van der Waals surface area contributed by atoms with Crippen molar-refractivity contribution in [3.8, 4) is 0 Å². The average Bonchev–Trinajstić information content (AvgIpc) is 2.91. The highest BCUT2D eigenvalue weighted by Gasteiger charge is 2.28. The van der Waals surface area contributed by atoms with Crippen molar-refractivity contribution < 1.29 is 4.79 Å². The Kier molecular flexibility index (Phi) is 5.64. The summed E-state index contributed by atoms with van der Waals surface area (Å²) in [5.74, 6) is 1.55. The van der Waals surface area contributed by atoms with E-state index in [4.69, 9.17) is 0 Å². The van der Waals surface area contributed by atoms with Crippen LogP contribution in [0, 0.1) is 11.8 Å². The van der Waals surface area contributed by atoms with Crippen LogP contribution in [0.25, 0.3) is 0 Å². The van der Waals surface area contributed by atoms with Gasteiger partial charge in [0.05, 0.1) is 6.54 Å². The summed E-state index contributed by atoms with van der Waals surface area (Å²) < 4.78 is 0. The van der Waals surface area contributed by atoms with Gasteiger partial charge in [0.1, 0.15) is 0 Å². The Morgan fingerprint density at radius 1 is 1.32 bits per heavy atom. The largest absolute Gasteiger partial charge is 0.355 e. The molecule has 110 valence electrons. The van der Waals surface area contributed by atoms with Crippen LogP contribution in [-0.4, -0.2) is 49.6 Å². The molecule has 1 atom stereocenters. The van der Waals surface area contributed by atoms with Crippen LogP contribution in [0.3, 0.4) is 0 Å². The first-order valence-electron chi connectivity index (χ1n) is 7.87. The van der Waals surface area contributed by atoms with E-state index in [0.29, 0.717) is 12.5 Å². The van der Waals surface area contributed by atoms with Gasteiger partial charge in [-0.15, -0.1) is 0 Å². The number of hydrogen-bond donors (Lipinski definition) is 2. The SMILES string of the molecule is CC(C)CNC(=O)CN1CCC(C2CCCN2)CC1. The molecule has 0 saturated carbocycles. The van der Waals surface area contributed by atoms with E-state index < -0.39 is 0 Å². The summed E-state index contributed by atoms with van der Waals surface area (Å²) in [5.41, 5.74) is 0. The molecule has 0 bridgehead atoms. The smallest absolute Gasteiger partial charge is 0.234 e. The molecule has 0 radical (unpaired) electrons. The Balaban J connectivity index is 1.64. The summed E-state index contributed by atoms with van der Waals surface area (Å²) in [6, 6.07) is 0.747. The van der Waals surface area contributed by atoms with Gasteiger partial charge in [0, 0.05) is 12.6 Å². The molecule has 4 heteroatoms. The van der Waals surface area contributed by atoms with Gasteiger partial charge in [-0.05, 0) is 57.2 Å². The van der Waals surface area contributed by atoms with Crippen molar-refractivity contribution in [1.29, 1.82) is 0 Å². The molecule has 2 heterocycles. The molecular formula is C15H29N3O. The number of hydrogen-bond acceptors (Lipinski definition) is 3. The van der Waals surface area contributed by atoms with E-state index >= 15 is 0 Å². The van der Waals surface area contributed by atoms with Crippen molar-refractivity contribution in [2.75, 3.05) is 32.7 Å². The second-order valence-corrected chi connectivity index (χ2v) is 6.51. The van der Waals surface area contributed by atoms with Crippen LogP contribution < -0.4 is 10.6 Å². The first-order valence-corrected chi connectivity index (χ1v) is 7.87. The molecule has 2 aliphatic rings. The van der Waals surface area contributed by atoms with Gasteiger partial charge in [0.15, 0.2) is 0 Å². The molecule has 19 heavy (non-hydrogen) atoms. The van der Waals surface area contributed by atoms with Crippen molar-refractivity contribution >= 4 is 5.91 Å². The van der Waals surface area contributed by atoms with Gasteiger partial charge in [0.25, 0.3) is 0 Å². The molecule has 0 aliphatic carbocycles. The third-order valence-electron chi connectivity index (χ3n) is 4.37. The minimum absolute atomic E-state index is 0.186. The van der Waals surface area contributed by atoms with Crippen LogP contribution in [-0.2, 0) is 4.79 Å². The number of nitrogens with zero attached hydrogens (tertiary/aromatic N) is 1. The molecule has 1 amide bonds. The maximum Gasteiger partial charge on any atom is 0.234 e. The van der Waals surface area contributed by atoms with Gasteiger partial charge in [-0.1, -0.05) is 13.8 Å². The number of piperidine rings is 1. The fraction of sp³-hybridized carbons (Fsp3) is 0.933. The van der Waals surface area contributed by atoms with Crippen molar-refractivity contribution in [2.45, 2.75) is 45.6 Å². The monoisotopic (exact) mass is 267 g/mol. The van der Waals surface area contributed by atoms with Crippen LogP contribution in [0.1, 0.15) is 39.5 Å². The topological polar surface area (TPSA) is 44.4 Å². The first kappa shape index (κ1) is 14.8. The van der Waals surface area contributed by atoms with E-state index in [9.17, 15) is 4.79 Å². The van der Waals surface area contributed by atoms with Gasteiger partial charge in [-0.25, -0.2) is 0 Å². The highest BCUT2D eigenvalue weighted by molar-refractivity contribution is 5.78. The van der Waals surface area contributed by atoms with Gasteiger partial charge in [-0.2, -0.15) is 0 Å². The van der Waals surface area contributed by atoms with Crippen LogP contribution in [0.4, 0.5) is 0 Å². The highest BCUT2D eigenvalue weighted by atomic mass is 16.2. The van der Waals surface area contributed by atoms with E-state index in [0.717, 1.165) is 31.6 Å². The molecular weight excluding hydrogens is 238 g/mol. The number of amides is 1. The molecule has 0 aromatic rings. The maximum absolute atomic E-state index is 11.8. The second-order valence-electron chi connectivity index (χ2n) is 6.51. The fourth-order valence-electron chi connectivity index (χ4n) is 3.20. The van der Waals surface area contributed by atoms with E-state index in [2.05, 4.69) is 29.4 Å². The summed E-state index contributed by atoms with van der Waals surface area (Å²) in [7, 11) is 0. The predicted octanol–water partition coefficient (Wildman–Crippen LogP) is 1.22. The van der Waals surface area contributed by atoms with Crippen LogP contribution in [0.2, 0.25) is 0 Å². The number of carbonyl (C=O) groups is 1. The Morgan fingerprint density at radius 3 is 2.63 bits per heavy atom. The lowest BCUT2D eigenvalue weighted by atomic mass is 9.88. The number of rotatable bonds is 5. The summed E-state index contributed by atoms with van der Waals surface area (Å²) in [6.07, 6.45) is 5.17. The zero-order valence-corrected chi connectivity index (χ0v) is 12.5. The lowest BCUT2D eigenvalue weighted by molar-refractivity contribution is -0.122. The van der Waals surface area contributed by atoms with Gasteiger partial charge < -0.3 is 10.6 Å². The molecule has 2 N–H and O–H groups in total. The van der Waals surface area contributed by atoms with Gasteiger partial charge in [0.2, 0.25) is 5.91 Å². The third kappa shape index (κ3) is 4.77. The Morgan fingerprint density at radius 2 is 2.05 bits per heavy atom. The maximum atomic E-state index is 11.8. The molecule has 0 spiro atoms. The van der Waals surface area contributed by atoms with Crippen LogP contribution in [0.15, 0.2) is 0 Å². The van der Waals surface area contributed by atoms with Crippen LogP contribution >= 0.6 is 0 Å². The van der Waals surface area contributed by atoms with E-state index in [1.54, 1.807) is 0 Å². The number of nitrogens with one attached hydrogen (secondary N) is 2. The molecule has 1 unspecified atom stereocenters. The summed E-state index contributed by atoms with van der Waals surface area (Å²) in [6.45, 7) is 8.98. The molecule has 2 saturated heterocycles. The zero-order valence-electron chi connectivity index (χ0n) is 12.5. The normalized spacial score (nSPS) is 25.9. The lowest BCUT2D eigenvalue weighted by Crippen LogP contribution is -2.45. The second kappa shape index (κ2) is 7.25. The summed E-state index contributed by atoms with van der Waals surface area (Å²) >= 11 is 0. The molecule has 4 nitrogen and oxygen atoms in total. The molecule has 2 rings (SSSR count). The number of carbonyl (C=O) groups excluding carboxylic acids is 1. The Bertz CT molecular complexity index is 279. The molecule has 2 aliphatic heterocycles. The predicted molar refractivity (Wildman–Crippen MR) is 78.0 cm³/mol. The van der Waals surface area contributed by atoms with Crippen molar-refractivity contribution in [2.24, 2.45) is 11.8 Å². The fourth-order valence-corrected chi connectivity index (χ4v) is 3.20. The standard InChI is InChI=1S/C15H29N3O/c1-12(2)10-17-15(19)11-18-8-5-13(6-9-18)14-4-3-7-16-14/h12-14,16H,3-11H2,1-2H3,(H,17,19). The van der Waals surface area contributed by atoms with E-state index in [1.165, 1.54) is 32.2 Å². The highest BCUT2D eigenvalue weighted by Crippen LogP contribution is 2.25. The Labute approximate surface area is 117 Å². The Hall–Kier alpha value is -0.610. The minimum atomic E-state index is 0.186. The zero-order chi connectivity index (χ0) is 13.7. The van der Waals surface area contributed by atoms with E-state index in [-0.39, 0.29) is 5.91 Å². The molecule has 0 aromatic heterocycles. The van der Waals surface area contributed by atoms with Gasteiger partial charge in [-0.3, -0.25) is 9.69 Å².